The molecular weight excluding hydrogens is 302 g/mol. The van der Waals surface area contributed by atoms with E-state index >= 15 is 0 Å². The van der Waals surface area contributed by atoms with Crippen LogP contribution in [0.5, 0.6) is 5.75 Å². The Kier molecular flexibility index (Phi) is 4.57. The summed E-state index contributed by atoms with van der Waals surface area (Å²) in [6, 6.07) is 20.3. The second kappa shape index (κ2) is 6.96. The number of fused-ring (bicyclic) bond motifs is 1. The van der Waals surface area contributed by atoms with E-state index in [2.05, 4.69) is 5.32 Å². The van der Waals surface area contributed by atoms with Gasteiger partial charge in [-0.05, 0) is 42.6 Å². The molecule has 4 heteroatoms. The molecule has 3 aromatic carbocycles. The number of amides is 1. The van der Waals surface area contributed by atoms with Gasteiger partial charge in [-0.1, -0.05) is 36.4 Å². The molecule has 0 bridgehead atoms. The molecule has 24 heavy (non-hydrogen) atoms. The lowest BCUT2D eigenvalue weighted by molar-refractivity contribution is -0.118. The summed E-state index contributed by atoms with van der Waals surface area (Å²) in [5.41, 5.74) is 1.37. The molecular formula is C20H17NO3. The molecule has 0 aliphatic heterocycles. The van der Waals surface area contributed by atoms with Gasteiger partial charge in [-0.15, -0.1) is 0 Å². The first-order valence-electron chi connectivity index (χ1n) is 7.65. The first-order valence-corrected chi connectivity index (χ1v) is 7.65. The minimum atomic E-state index is -0.234. The Morgan fingerprint density at radius 3 is 2.38 bits per heavy atom. The van der Waals surface area contributed by atoms with Gasteiger partial charge in [0.05, 0.1) is 0 Å². The molecule has 3 aromatic rings. The summed E-state index contributed by atoms with van der Waals surface area (Å²) in [5.74, 6) is 0.310. The number of carbonyl (C=O) groups is 2. The maximum Gasteiger partial charge on any atom is 0.262 e. The predicted molar refractivity (Wildman–Crippen MR) is 94.5 cm³/mol. The molecule has 0 fully saturated rings. The summed E-state index contributed by atoms with van der Waals surface area (Å²) in [6.07, 6.45) is 0. The van der Waals surface area contributed by atoms with Crippen molar-refractivity contribution in [3.63, 3.8) is 0 Å². The van der Waals surface area contributed by atoms with Crippen molar-refractivity contribution in [3.8, 4) is 5.75 Å². The van der Waals surface area contributed by atoms with Crippen molar-refractivity contribution in [2.45, 2.75) is 6.92 Å². The van der Waals surface area contributed by atoms with E-state index in [4.69, 9.17) is 4.74 Å². The molecule has 0 saturated heterocycles. The molecule has 120 valence electrons. The molecule has 3 rings (SSSR count). The number of rotatable bonds is 5. The Morgan fingerprint density at radius 2 is 1.62 bits per heavy atom. The van der Waals surface area contributed by atoms with Gasteiger partial charge in [0.25, 0.3) is 5.91 Å². The Bertz CT molecular complexity index is 880. The quantitative estimate of drug-likeness (QED) is 0.722. The molecule has 0 saturated carbocycles. The average Bonchev–Trinajstić information content (AvgIpc) is 2.61. The first-order chi connectivity index (χ1) is 11.6. The fourth-order valence-electron chi connectivity index (χ4n) is 2.46. The highest BCUT2D eigenvalue weighted by molar-refractivity contribution is 6.02. The van der Waals surface area contributed by atoms with E-state index in [9.17, 15) is 9.59 Å². The van der Waals surface area contributed by atoms with Crippen LogP contribution in [0.1, 0.15) is 17.3 Å². The number of benzene rings is 3. The van der Waals surface area contributed by atoms with Gasteiger partial charge in [0.1, 0.15) is 5.75 Å². The largest absolute Gasteiger partial charge is 0.484 e. The van der Waals surface area contributed by atoms with Crippen LogP contribution in [0.2, 0.25) is 0 Å². The van der Waals surface area contributed by atoms with Crippen molar-refractivity contribution >= 4 is 28.2 Å². The van der Waals surface area contributed by atoms with E-state index < -0.39 is 0 Å². The van der Waals surface area contributed by atoms with Crippen LogP contribution in [0.15, 0.2) is 66.7 Å². The van der Waals surface area contributed by atoms with Crippen molar-refractivity contribution in [3.05, 3.63) is 72.3 Å². The number of ether oxygens (including phenoxy) is 1. The third kappa shape index (κ3) is 3.60. The van der Waals surface area contributed by atoms with Crippen molar-refractivity contribution in [1.29, 1.82) is 0 Å². The zero-order chi connectivity index (χ0) is 16.9. The monoisotopic (exact) mass is 319 g/mol. The van der Waals surface area contributed by atoms with E-state index in [-0.39, 0.29) is 18.3 Å². The molecule has 0 unspecified atom stereocenters. The molecule has 1 amide bonds. The van der Waals surface area contributed by atoms with Crippen molar-refractivity contribution in [2.24, 2.45) is 0 Å². The summed E-state index contributed by atoms with van der Waals surface area (Å²) < 4.78 is 5.46. The number of carbonyl (C=O) groups excluding carboxylic acids is 2. The fraction of sp³-hybridized carbons (Fsp3) is 0.100. The van der Waals surface area contributed by atoms with E-state index in [0.717, 1.165) is 16.5 Å². The van der Waals surface area contributed by atoms with E-state index in [1.807, 2.05) is 42.5 Å². The number of ketones is 1. The molecule has 0 aliphatic rings. The number of hydrogen-bond acceptors (Lipinski definition) is 3. The smallest absolute Gasteiger partial charge is 0.262 e. The standard InChI is InChI=1S/C20H17NO3/c1-14(22)15-9-11-17(12-10-15)24-13-20(23)21-19-8-4-6-16-5-2-3-7-18(16)19/h2-12H,13H2,1H3,(H,21,23). The molecule has 0 aliphatic carbocycles. The Labute approximate surface area is 140 Å². The SMILES string of the molecule is CC(=O)c1ccc(OCC(=O)Nc2cccc3ccccc23)cc1. The summed E-state index contributed by atoms with van der Waals surface area (Å²) >= 11 is 0. The highest BCUT2D eigenvalue weighted by Gasteiger charge is 2.07. The number of anilines is 1. The summed E-state index contributed by atoms with van der Waals surface area (Å²) in [5, 5.41) is 4.92. The lowest BCUT2D eigenvalue weighted by Gasteiger charge is -2.10. The lowest BCUT2D eigenvalue weighted by atomic mass is 10.1. The van der Waals surface area contributed by atoms with Gasteiger partial charge >= 0.3 is 0 Å². The van der Waals surface area contributed by atoms with Crippen LogP contribution in [-0.2, 0) is 4.79 Å². The molecule has 0 heterocycles. The minimum absolute atomic E-state index is 0.00440. The molecule has 0 spiro atoms. The highest BCUT2D eigenvalue weighted by Crippen LogP contribution is 2.22. The van der Waals surface area contributed by atoms with Gasteiger partial charge in [-0.3, -0.25) is 9.59 Å². The van der Waals surface area contributed by atoms with Gasteiger partial charge in [-0.25, -0.2) is 0 Å². The maximum absolute atomic E-state index is 12.1. The Morgan fingerprint density at radius 1 is 0.917 bits per heavy atom. The zero-order valence-electron chi connectivity index (χ0n) is 13.3. The average molecular weight is 319 g/mol. The van der Waals surface area contributed by atoms with E-state index in [1.54, 1.807) is 24.3 Å². The molecule has 0 atom stereocenters. The second-order valence-corrected chi connectivity index (χ2v) is 5.44. The van der Waals surface area contributed by atoms with E-state index in [1.165, 1.54) is 6.92 Å². The molecule has 0 radical (unpaired) electrons. The van der Waals surface area contributed by atoms with Gasteiger partial charge in [0, 0.05) is 16.6 Å². The maximum atomic E-state index is 12.1. The van der Waals surface area contributed by atoms with Crippen LogP contribution in [0, 0.1) is 0 Å². The van der Waals surface area contributed by atoms with Crippen LogP contribution in [0.4, 0.5) is 5.69 Å². The third-order valence-corrected chi connectivity index (χ3v) is 3.69. The summed E-state index contributed by atoms with van der Waals surface area (Å²) in [6.45, 7) is 1.41. The topological polar surface area (TPSA) is 55.4 Å². The van der Waals surface area contributed by atoms with Gasteiger partial charge in [0.2, 0.25) is 0 Å². The number of hydrogen-bond donors (Lipinski definition) is 1. The minimum Gasteiger partial charge on any atom is -0.484 e. The van der Waals surface area contributed by atoms with Crippen LogP contribution < -0.4 is 10.1 Å². The van der Waals surface area contributed by atoms with Crippen molar-refractivity contribution in [2.75, 3.05) is 11.9 Å². The molecule has 4 nitrogen and oxygen atoms in total. The highest BCUT2D eigenvalue weighted by atomic mass is 16.5. The first kappa shape index (κ1) is 15.7. The normalized spacial score (nSPS) is 10.4. The number of nitrogens with one attached hydrogen (secondary N) is 1. The number of Topliss-reactive ketones (excluding diaryl/α,β-unsaturated/α-hetero) is 1. The van der Waals surface area contributed by atoms with Crippen molar-refractivity contribution in [1.82, 2.24) is 0 Å². The van der Waals surface area contributed by atoms with Crippen molar-refractivity contribution < 1.29 is 14.3 Å². The Balaban J connectivity index is 1.64. The summed E-state index contributed by atoms with van der Waals surface area (Å²) in [7, 11) is 0. The predicted octanol–water partition coefficient (Wildman–Crippen LogP) is 4.06. The molecule has 1 N–H and O–H groups in total. The lowest BCUT2D eigenvalue weighted by Crippen LogP contribution is -2.20. The summed E-state index contributed by atoms with van der Waals surface area (Å²) in [4.78, 5) is 23.3. The van der Waals surface area contributed by atoms with Crippen LogP contribution in [0.25, 0.3) is 10.8 Å². The second-order valence-electron chi connectivity index (χ2n) is 5.44. The van der Waals surface area contributed by atoms with Gasteiger partial charge < -0.3 is 10.1 Å². The van der Waals surface area contributed by atoms with Crippen LogP contribution >= 0.6 is 0 Å². The van der Waals surface area contributed by atoms with Gasteiger partial charge in [-0.2, -0.15) is 0 Å². The van der Waals surface area contributed by atoms with E-state index in [0.29, 0.717) is 11.3 Å². The van der Waals surface area contributed by atoms with Crippen LogP contribution in [0.3, 0.4) is 0 Å². The zero-order valence-corrected chi connectivity index (χ0v) is 13.3. The third-order valence-electron chi connectivity index (χ3n) is 3.69. The fourth-order valence-corrected chi connectivity index (χ4v) is 2.46. The molecule has 0 aromatic heterocycles. The van der Waals surface area contributed by atoms with Crippen LogP contribution in [-0.4, -0.2) is 18.3 Å². The van der Waals surface area contributed by atoms with Gasteiger partial charge in [0.15, 0.2) is 12.4 Å². The Hall–Kier alpha value is -3.14.